The van der Waals surface area contributed by atoms with Gasteiger partial charge in [-0.3, -0.25) is 9.59 Å². The summed E-state index contributed by atoms with van der Waals surface area (Å²) in [6.45, 7) is 0. The Kier molecular flexibility index (Phi) is 4.00. The van der Waals surface area contributed by atoms with E-state index >= 15 is 0 Å². The summed E-state index contributed by atoms with van der Waals surface area (Å²) in [6, 6.07) is 18.1. The van der Waals surface area contributed by atoms with E-state index in [-0.39, 0.29) is 5.56 Å². The van der Waals surface area contributed by atoms with Crippen molar-refractivity contribution in [1.82, 2.24) is 4.98 Å². The molecule has 2 aromatic carbocycles. The molecule has 0 unspecified atom stereocenters. The summed E-state index contributed by atoms with van der Waals surface area (Å²) in [5.41, 5.74) is 7.72. The molecule has 23 heavy (non-hydrogen) atoms. The van der Waals surface area contributed by atoms with Gasteiger partial charge in [0.1, 0.15) is 5.56 Å². The van der Waals surface area contributed by atoms with E-state index in [4.69, 9.17) is 17.3 Å². The average molecular weight is 325 g/mol. The number of hydrogen-bond donors (Lipinski definition) is 2. The van der Waals surface area contributed by atoms with Gasteiger partial charge < -0.3 is 10.7 Å². The van der Waals surface area contributed by atoms with Crippen LogP contribution in [0.1, 0.15) is 10.4 Å². The number of hydrogen-bond acceptors (Lipinski definition) is 2. The number of carbonyl (C=O) groups excluding carboxylic acids is 1. The summed E-state index contributed by atoms with van der Waals surface area (Å²) in [4.78, 5) is 26.4. The van der Waals surface area contributed by atoms with Crippen molar-refractivity contribution in [3.05, 3.63) is 81.6 Å². The number of carbonyl (C=O) groups is 1. The van der Waals surface area contributed by atoms with Crippen LogP contribution in [0.5, 0.6) is 0 Å². The highest BCUT2D eigenvalue weighted by Gasteiger charge is 2.15. The van der Waals surface area contributed by atoms with Gasteiger partial charge in [0, 0.05) is 10.6 Å². The summed E-state index contributed by atoms with van der Waals surface area (Å²) in [5, 5.41) is 0.603. The van der Waals surface area contributed by atoms with Gasteiger partial charge in [-0.15, -0.1) is 0 Å². The van der Waals surface area contributed by atoms with Gasteiger partial charge in [-0.05, 0) is 29.3 Å². The van der Waals surface area contributed by atoms with Crippen molar-refractivity contribution in [3.63, 3.8) is 0 Å². The lowest BCUT2D eigenvalue weighted by atomic mass is 9.97. The van der Waals surface area contributed by atoms with Gasteiger partial charge in [0.25, 0.3) is 11.5 Å². The number of nitrogens with one attached hydrogen (secondary N) is 1. The minimum atomic E-state index is -0.758. The van der Waals surface area contributed by atoms with Crippen molar-refractivity contribution in [3.8, 4) is 22.4 Å². The lowest BCUT2D eigenvalue weighted by Crippen LogP contribution is -2.24. The highest BCUT2D eigenvalue weighted by Crippen LogP contribution is 2.30. The number of aromatic amines is 1. The van der Waals surface area contributed by atoms with Crippen LogP contribution in [-0.4, -0.2) is 10.9 Å². The number of pyridine rings is 1. The molecule has 5 heteroatoms. The second-order valence-corrected chi connectivity index (χ2v) is 5.47. The van der Waals surface area contributed by atoms with Crippen LogP contribution in [0, 0.1) is 0 Å². The standard InChI is InChI=1S/C18H13ClN2O2/c19-13-8-6-12(7-9-13)16-14(11-4-2-1-3-5-11)10-15(17(20)22)18(23)21-16/h1-10H,(H2,20,22)(H,21,23). The highest BCUT2D eigenvalue weighted by atomic mass is 35.5. The molecule has 3 rings (SSSR count). The molecule has 114 valence electrons. The molecule has 1 amide bonds. The second kappa shape index (κ2) is 6.10. The Bertz CT molecular complexity index is 916. The summed E-state index contributed by atoms with van der Waals surface area (Å²) >= 11 is 5.92. The van der Waals surface area contributed by atoms with E-state index in [1.54, 1.807) is 12.1 Å². The molecule has 0 saturated carbocycles. The smallest absolute Gasteiger partial charge is 0.261 e. The first-order valence-electron chi connectivity index (χ1n) is 6.95. The van der Waals surface area contributed by atoms with Gasteiger partial charge in [-0.25, -0.2) is 0 Å². The first-order valence-corrected chi connectivity index (χ1v) is 7.32. The van der Waals surface area contributed by atoms with Crippen molar-refractivity contribution in [2.45, 2.75) is 0 Å². The third-order valence-electron chi connectivity index (χ3n) is 3.52. The van der Waals surface area contributed by atoms with Gasteiger partial charge in [0.2, 0.25) is 0 Å². The third kappa shape index (κ3) is 3.03. The average Bonchev–Trinajstić information content (AvgIpc) is 2.56. The zero-order chi connectivity index (χ0) is 16.4. The van der Waals surface area contributed by atoms with Gasteiger partial charge in [0.15, 0.2) is 0 Å². The normalized spacial score (nSPS) is 10.5. The quantitative estimate of drug-likeness (QED) is 0.774. The van der Waals surface area contributed by atoms with Gasteiger partial charge in [0.05, 0.1) is 5.69 Å². The first kappa shape index (κ1) is 15.1. The maximum absolute atomic E-state index is 12.1. The number of halogens is 1. The molecule has 0 saturated heterocycles. The van der Waals surface area contributed by atoms with Crippen LogP contribution < -0.4 is 11.3 Å². The molecule has 0 radical (unpaired) electrons. The van der Waals surface area contributed by atoms with Crippen molar-refractivity contribution < 1.29 is 4.79 Å². The number of benzene rings is 2. The van der Waals surface area contributed by atoms with E-state index in [1.807, 2.05) is 42.5 Å². The minimum Gasteiger partial charge on any atom is -0.365 e. The van der Waals surface area contributed by atoms with Gasteiger partial charge in [-0.2, -0.15) is 0 Å². The number of nitrogens with two attached hydrogens (primary N) is 1. The maximum atomic E-state index is 12.1. The van der Waals surface area contributed by atoms with Crippen molar-refractivity contribution >= 4 is 17.5 Å². The summed E-state index contributed by atoms with van der Waals surface area (Å²) in [6.07, 6.45) is 0. The maximum Gasteiger partial charge on any atom is 0.261 e. The summed E-state index contributed by atoms with van der Waals surface area (Å²) in [5.74, 6) is -0.758. The second-order valence-electron chi connectivity index (χ2n) is 5.04. The molecular weight excluding hydrogens is 312 g/mol. The highest BCUT2D eigenvalue weighted by molar-refractivity contribution is 6.30. The number of amides is 1. The number of aromatic nitrogens is 1. The molecule has 1 heterocycles. The molecule has 3 aromatic rings. The van der Waals surface area contributed by atoms with Crippen molar-refractivity contribution in [2.24, 2.45) is 5.73 Å². The zero-order valence-corrected chi connectivity index (χ0v) is 12.8. The Morgan fingerprint density at radius 2 is 1.61 bits per heavy atom. The van der Waals surface area contributed by atoms with Crippen LogP contribution in [-0.2, 0) is 0 Å². The Balaban J connectivity index is 2.30. The van der Waals surface area contributed by atoms with Crippen LogP contribution in [0.2, 0.25) is 5.02 Å². The molecule has 0 aliphatic carbocycles. The third-order valence-corrected chi connectivity index (χ3v) is 3.78. The lowest BCUT2D eigenvalue weighted by molar-refractivity contribution is 0.0999. The van der Waals surface area contributed by atoms with E-state index in [1.165, 1.54) is 6.07 Å². The fraction of sp³-hybridized carbons (Fsp3) is 0. The number of H-pyrrole nitrogens is 1. The fourth-order valence-electron chi connectivity index (χ4n) is 2.40. The monoisotopic (exact) mass is 324 g/mol. The lowest BCUT2D eigenvalue weighted by Gasteiger charge is -2.11. The topological polar surface area (TPSA) is 76.0 Å². The predicted octanol–water partition coefficient (Wildman–Crippen LogP) is 3.46. The number of primary amides is 1. The Labute approximate surface area is 137 Å². The fourth-order valence-corrected chi connectivity index (χ4v) is 2.53. The molecule has 1 aromatic heterocycles. The van der Waals surface area contributed by atoms with E-state index in [2.05, 4.69) is 4.98 Å². The molecule has 0 fully saturated rings. The molecule has 0 atom stereocenters. The first-order chi connectivity index (χ1) is 11.1. The Morgan fingerprint density at radius 1 is 0.957 bits per heavy atom. The SMILES string of the molecule is NC(=O)c1cc(-c2ccccc2)c(-c2ccc(Cl)cc2)[nH]c1=O. The van der Waals surface area contributed by atoms with E-state index in [0.717, 1.165) is 16.7 Å². The number of rotatable bonds is 3. The van der Waals surface area contributed by atoms with Crippen molar-refractivity contribution in [2.75, 3.05) is 0 Å². The largest absolute Gasteiger partial charge is 0.365 e. The molecule has 0 aliphatic rings. The van der Waals surface area contributed by atoms with E-state index < -0.39 is 11.5 Å². The van der Waals surface area contributed by atoms with Gasteiger partial charge >= 0.3 is 0 Å². The molecule has 0 spiro atoms. The molecule has 0 bridgehead atoms. The summed E-state index contributed by atoms with van der Waals surface area (Å²) in [7, 11) is 0. The Morgan fingerprint density at radius 3 is 2.22 bits per heavy atom. The van der Waals surface area contributed by atoms with E-state index in [0.29, 0.717) is 10.7 Å². The van der Waals surface area contributed by atoms with Crippen LogP contribution >= 0.6 is 11.6 Å². The van der Waals surface area contributed by atoms with Crippen LogP contribution in [0.15, 0.2) is 65.5 Å². The Hall–Kier alpha value is -2.85. The minimum absolute atomic E-state index is 0.0680. The van der Waals surface area contributed by atoms with Crippen molar-refractivity contribution in [1.29, 1.82) is 0 Å². The molecule has 0 aliphatic heterocycles. The summed E-state index contributed by atoms with van der Waals surface area (Å²) < 4.78 is 0. The molecule has 4 nitrogen and oxygen atoms in total. The molecular formula is C18H13ClN2O2. The zero-order valence-electron chi connectivity index (χ0n) is 12.0. The molecule has 3 N–H and O–H groups in total. The van der Waals surface area contributed by atoms with E-state index in [9.17, 15) is 9.59 Å². The van der Waals surface area contributed by atoms with Crippen LogP contribution in [0.4, 0.5) is 0 Å². The van der Waals surface area contributed by atoms with Gasteiger partial charge in [-0.1, -0.05) is 54.1 Å². The predicted molar refractivity (Wildman–Crippen MR) is 91.5 cm³/mol. The van der Waals surface area contributed by atoms with Crippen LogP contribution in [0.25, 0.3) is 22.4 Å². The van der Waals surface area contributed by atoms with Crippen LogP contribution in [0.3, 0.4) is 0 Å².